The molecule has 110 valence electrons. The highest BCUT2D eigenvalue weighted by molar-refractivity contribution is 5.80. The van der Waals surface area contributed by atoms with Crippen LogP contribution in [0.25, 0.3) is 0 Å². The van der Waals surface area contributed by atoms with Crippen molar-refractivity contribution in [2.24, 2.45) is 0 Å². The lowest BCUT2D eigenvalue weighted by atomic mass is 10.1. The SMILES string of the molecule is CCOC(=O)C(Nc1ccc(C)cc1)C(CC)[N+](=O)[O-]. The minimum Gasteiger partial charge on any atom is -0.464 e. The molecule has 0 aliphatic heterocycles. The van der Waals surface area contributed by atoms with E-state index in [2.05, 4.69) is 5.32 Å². The zero-order chi connectivity index (χ0) is 15.1. The number of aryl methyl sites for hydroxylation is 1. The summed E-state index contributed by atoms with van der Waals surface area (Å²) >= 11 is 0. The number of rotatable bonds is 7. The Hall–Kier alpha value is -2.11. The van der Waals surface area contributed by atoms with Gasteiger partial charge in [-0.25, -0.2) is 4.79 Å². The van der Waals surface area contributed by atoms with Crippen molar-refractivity contribution in [2.75, 3.05) is 11.9 Å². The number of nitro groups is 1. The van der Waals surface area contributed by atoms with E-state index in [9.17, 15) is 14.9 Å². The fraction of sp³-hybridized carbons (Fsp3) is 0.500. The Morgan fingerprint density at radius 2 is 1.95 bits per heavy atom. The number of nitrogens with zero attached hydrogens (tertiary/aromatic N) is 1. The lowest BCUT2D eigenvalue weighted by Gasteiger charge is -2.20. The van der Waals surface area contributed by atoms with Crippen molar-refractivity contribution in [3.05, 3.63) is 39.9 Å². The van der Waals surface area contributed by atoms with E-state index in [1.54, 1.807) is 26.0 Å². The van der Waals surface area contributed by atoms with Gasteiger partial charge in [-0.3, -0.25) is 10.1 Å². The number of hydrogen-bond acceptors (Lipinski definition) is 5. The van der Waals surface area contributed by atoms with Gasteiger partial charge in [0.1, 0.15) is 0 Å². The first-order chi connectivity index (χ1) is 9.49. The Morgan fingerprint density at radius 3 is 2.40 bits per heavy atom. The number of nitrogens with one attached hydrogen (secondary N) is 1. The molecule has 0 fully saturated rings. The molecule has 0 aliphatic rings. The molecule has 0 radical (unpaired) electrons. The first-order valence-electron chi connectivity index (χ1n) is 6.62. The summed E-state index contributed by atoms with van der Waals surface area (Å²) in [6.07, 6.45) is 0.245. The normalized spacial score (nSPS) is 13.3. The molecule has 0 saturated carbocycles. The van der Waals surface area contributed by atoms with Gasteiger partial charge in [0.2, 0.25) is 6.04 Å². The maximum Gasteiger partial charge on any atom is 0.335 e. The van der Waals surface area contributed by atoms with Crippen LogP contribution in [-0.2, 0) is 9.53 Å². The summed E-state index contributed by atoms with van der Waals surface area (Å²) in [4.78, 5) is 22.6. The topological polar surface area (TPSA) is 81.5 Å². The van der Waals surface area contributed by atoms with Gasteiger partial charge in [0, 0.05) is 17.0 Å². The van der Waals surface area contributed by atoms with Crippen LogP contribution >= 0.6 is 0 Å². The average molecular weight is 280 g/mol. The highest BCUT2D eigenvalue weighted by Gasteiger charge is 2.36. The third kappa shape index (κ3) is 4.22. The molecule has 0 bridgehead atoms. The molecular weight excluding hydrogens is 260 g/mol. The number of anilines is 1. The molecule has 1 aromatic carbocycles. The van der Waals surface area contributed by atoms with E-state index in [4.69, 9.17) is 4.74 Å². The van der Waals surface area contributed by atoms with Crippen LogP contribution in [0.5, 0.6) is 0 Å². The molecule has 1 N–H and O–H groups in total. The molecule has 1 rings (SSSR count). The minimum absolute atomic E-state index is 0.194. The number of esters is 1. The van der Waals surface area contributed by atoms with Crippen LogP contribution in [0, 0.1) is 17.0 Å². The first-order valence-corrected chi connectivity index (χ1v) is 6.62. The second kappa shape index (κ2) is 7.47. The zero-order valence-corrected chi connectivity index (χ0v) is 12.0. The van der Waals surface area contributed by atoms with Gasteiger partial charge in [-0.05, 0) is 26.0 Å². The van der Waals surface area contributed by atoms with E-state index >= 15 is 0 Å². The van der Waals surface area contributed by atoms with E-state index in [-0.39, 0.29) is 13.0 Å². The summed E-state index contributed by atoms with van der Waals surface area (Å²) in [5.41, 5.74) is 1.73. The largest absolute Gasteiger partial charge is 0.464 e. The van der Waals surface area contributed by atoms with Crippen LogP contribution in [0.2, 0.25) is 0 Å². The molecule has 2 atom stereocenters. The van der Waals surface area contributed by atoms with Crippen molar-refractivity contribution in [1.82, 2.24) is 0 Å². The van der Waals surface area contributed by atoms with Crippen LogP contribution in [0.3, 0.4) is 0 Å². The standard InChI is InChI=1S/C14H20N2O4/c1-4-12(16(18)19)13(14(17)20-5-2)15-11-8-6-10(3)7-9-11/h6-9,12-13,15H,4-5H2,1-3H3. The van der Waals surface area contributed by atoms with Crippen LogP contribution < -0.4 is 5.32 Å². The van der Waals surface area contributed by atoms with E-state index < -0.39 is 23.0 Å². The number of carbonyl (C=O) groups is 1. The highest BCUT2D eigenvalue weighted by atomic mass is 16.6. The van der Waals surface area contributed by atoms with E-state index in [1.165, 1.54) is 0 Å². The summed E-state index contributed by atoms with van der Waals surface area (Å²) in [5, 5.41) is 14.0. The van der Waals surface area contributed by atoms with Gasteiger partial charge in [-0.15, -0.1) is 0 Å². The highest BCUT2D eigenvalue weighted by Crippen LogP contribution is 2.15. The molecule has 6 heteroatoms. The average Bonchev–Trinajstić information content (AvgIpc) is 2.40. The molecule has 0 saturated heterocycles. The van der Waals surface area contributed by atoms with Crippen molar-refractivity contribution in [3.8, 4) is 0 Å². The van der Waals surface area contributed by atoms with Gasteiger partial charge in [-0.2, -0.15) is 0 Å². The summed E-state index contributed by atoms with van der Waals surface area (Å²) in [5.74, 6) is -0.600. The fourth-order valence-electron chi connectivity index (χ4n) is 1.88. The number of benzene rings is 1. The lowest BCUT2D eigenvalue weighted by molar-refractivity contribution is -0.523. The Labute approximate surface area is 118 Å². The Morgan fingerprint density at radius 1 is 1.35 bits per heavy atom. The second-order valence-electron chi connectivity index (χ2n) is 4.50. The van der Waals surface area contributed by atoms with Gasteiger partial charge in [0.15, 0.2) is 6.04 Å². The summed E-state index contributed by atoms with van der Waals surface area (Å²) in [7, 11) is 0. The summed E-state index contributed by atoms with van der Waals surface area (Å²) in [6, 6.07) is 5.31. The van der Waals surface area contributed by atoms with Crippen molar-refractivity contribution in [3.63, 3.8) is 0 Å². The van der Waals surface area contributed by atoms with Crippen LogP contribution in [-0.4, -0.2) is 29.6 Å². The number of hydrogen-bond donors (Lipinski definition) is 1. The molecule has 0 amide bonds. The van der Waals surface area contributed by atoms with E-state index in [0.717, 1.165) is 5.56 Å². The molecule has 1 aromatic rings. The van der Waals surface area contributed by atoms with Gasteiger partial charge in [-0.1, -0.05) is 24.6 Å². The molecule has 6 nitrogen and oxygen atoms in total. The maximum absolute atomic E-state index is 11.9. The van der Waals surface area contributed by atoms with Gasteiger partial charge < -0.3 is 10.1 Å². The third-order valence-corrected chi connectivity index (χ3v) is 2.99. The van der Waals surface area contributed by atoms with Crippen LogP contribution in [0.4, 0.5) is 5.69 Å². The predicted molar refractivity (Wildman–Crippen MR) is 76.3 cm³/mol. The molecule has 0 heterocycles. The quantitative estimate of drug-likeness (QED) is 0.471. The Kier molecular flexibility index (Phi) is 5.96. The van der Waals surface area contributed by atoms with Crippen LogP contribution in [0.15, 0.2) is 24.3 Å². The van der Waals surface area contributed by atoms with E-state index in [1.807, 2.05) is 19.1 Å². The first kappa shape index (κ1) is 15.9. The molecular formula is C14H20N2O4. The Bertz CT molecular complexity index is 459. The lowest BCUT2D eigenvalue weighted by Crippen LogP contribution is -2.45. The number of ether oxygens (including phenoxy) is 1. The fourth-order valence-corrected chi connectivity index (χ4v) is 1.88. The van der Waals surface area contributed by atoms with Gasteiger partial charge in [0.25, 0.3) is 0 Å². The minimum atomic E-state index is -1.02. The summed E-state index contributed by atoms with van der Waals surface area (Å²) in [6.45, 7) is 5.49. The number of carbonyl (C=O) groups excluding carboxylic acids is 1. The molecule has 0 aliphatic carbocycles. The Balaban J connectivity index is 2.94. The van der Waals surface area contributed by atoms with Crippen molar-refractivity contribution >= 4 is 11.7 Å². The molecule has 0 spiro atoms. The van der Waals surface area contributed by atoms with Crippen molar-refractivity contribution < 1.29 is 14.5 Å². The smallest absolute Gasteiger partial charge is 0.335 e. The monoisotopic (exact) mass is 280 g/mol. The van der Waals surface area contributed by atoms with E-state index in [0.29, 0.717) is 5.69 Å². The van der Waals surface area contributed by atoms with Crippen LogP contribution in [0.1, 0.15) is 25.8 Å². The van der Waals surface area contributed by atoms with Gasteiger partial charge in [0.05, 0.1) is 6.61 Å². The van der Waals surface area contributed by atoms with Crippen molar-refractivity contribution in [2.45, 2.75) is 39.3 Å². The third-order valence-electron chi connectivity index (χ3n) is 2.99. The second-order valence-corrected chi connectivity index (χ2v) is 4.50. The van der Waals surface area contributed by atoms with Crippen molar-refractivity contribution in [1.29, 1.82) is 0 Å². The zero-order valence-electron chi connectivity index (χ0n) is 12.0. The maximum atomic E-state index is 11.9. The predicted octanol–water partition coefficient (Wildman–Crippen LogP) is 2.39. The van der Waals surface area contributed by atoms with Gasteiger partial charge >= 0.3 is 5.97 Å². The molecule has 0 aromatic heterocycles. The molecule has 2 unspecified atom stereocenters. The molecule has 20 heavy (non-hydrogen) atoms. The summed E-state index contributed by atoms with van der Waals surface area (Å²) < 4.78 is 4.93.